The fourth-order valence-electron chi connectivity index (χ4n) is 2.95. The minimum Gasteiger partial charge on any atom is -0.336 e. The second kappa shape index (κ2) is 7.95. The van der Waals surface area contributed by atoms with Crippen molar-refractivity contribution in [2.24, 2.45) is 0 Å². The van der Waals surface area contributed by atoms with Gasteiger partial charge in [0.1, 0.15) is 0 Å². The molecule has 0 aliphatic carbocycles. The van der Waals surface area contributed by atoms with E-state index in [2.05, 4.69) is 22.1 Å². The van der Waals surface area contributed by atoms with Crippen molar-refractivity contribution >= 4 is 5.91 Å². The summed E-state index contributed by atoms with van der Waals surface area (Å²) in [7, 11) is 1.81. The average Bonchev–Trinajstić information content (AvgIpc) is 3.08. The van der Waals surface area contributed by atoms with Crippen LogP contribution in [0.25, 0.3) is 11.1 Å². The lowest BCUT2D eigenvalue weighted by Crippen LogP contribution is -2.26. The zero-order valence-electron chi connectivity index (χ0n) is 15.5. The van der Waals surface area contributed by atoms with E-state index in [1.165, 1.54) is 0 Å². The van der Waals surface area contributed by atoms with Gasteiger partial charge in [-0.2, -0.15) is 5.10 Å². The van der Waals surface area contributed by atoms with Crippen molar-refractivity contribution in [1.29, 1.82) is 0 Å². The third kappa shape index (κ3) is 4.17. The molecular weight excluding hydrogens is 324 g/mol. The van der Waals surface area contributed by atoms with Gasteiger partial charge in [0.05, 0.1) is 17.9 Å². The van der Waals surface area contributed by atoms with E-state index in [-0.39, 0.29) is 5.91 Å². The van der Waals surface area contributed by atoms with Crippen LogP contribution in [0.1, 0.15) is 40.8 Å². The fraction of sp³-hybridized carbons (Fsp3) is 0.286. The number of benzene rings is 1. The normalized spacial score (nSPS) is 10.7. The number of aryl methyl sites for hydroxylation is 2. The van der Waals surface area contributed by atoms with Gasteiger partial charge in [0, 0.05) is 24.5 Å². The number of aromatic amines is 1. The minimum absolute atomic E-state index is 0.00546. The summed E-state index contributed by atoms with van der Waals surface area (Å²) in [6.07, 6.45) is 3.81. The molecular formula is C21H24N4O. The van der Waals surface area contributed by atoms with Crippen LogP contribution in [0.5, 0.6) is 0 Å². The Kier molecular flexibility index (Phi) is 5.46. The lowest BCUT2D eigenvalue weighted by Gasteiger charge is -2.16. The Morgan fingerprint density at radius 3 is 2.58 bits per heavy atom. The van der Waals surface area contributed by atoms with E-state index in [9.17, 15) is 4.79 Å². The molecule has 0 atom stereocenters. The minimum atomic E-state index is -0.00546. The number of hydrogen-bond donors (Lipinski definition) is 1. The van der Waals surface area contributed by atoms with Crippen molar-refractivity contribution in [3.8, 4) is 11.1 Å². The van der Waals surface area contributed by atoms with Crippen molar-refractivity contribution < 1.29 is 4.79 Å². The SMILES string of the molecule is CCCc1cc(CN(C)C(=O)c2ccc(-c3ccnc(C)c3)cc2)[nH]n1. The Labute approximate surface area is 154 Å². The molecule has 3 aromatic rings. The van der Waals surface area contributed by atoms with Crippen LogP contribution in [0.4, 0.5) is 0 Å². The number of pyridine rings is 1. The Bertz CT molecular complexity index is 883. The van der Waals surface area contributed by atoms with E-state index < -0.39 is 0 Å². The van der Waals surface area contributed by atoms with Gasteiger partial charge in [-0.1, -0.05) is 25.5 Å². The number of amides is 1. The molecule has 0 spiro atoms. The first-order valence-corrected chi connectivity index (χ1v) is 8.88. The first-order valence-electron chi connectivity index (χ1n) is 8.88. The highest BCUT2D eigenvalue weighted by Crippen LogP contribution is 2.20. The van der Waals surface area contributed by atoms with Crippen LogP contribution >= 0.6 is 0 Å². The summed E-state index contributed by atoms with van der Waals surface area (Å²) in [5, 5.41) is 7.29. The van der Waals surface area contributed by atoms with Crippen molar-refractivity contribution in [2.75, 3.05) is 7.05 Å². The molecule has 1 N–H and O–H groups in total. The van der Waals surface area contributed by atoms with Crippen LogP contribution in [0, 0.1) is 6.92 Å². The van der Waals surface area contributed by atoms with E-state index in [0.717, 1.165) is 41.1 Å². The number of aromatic nitrogens is 3. The van der Waals surface area contributed by atoms with Gasteiger partial charge in [-0.25, -0.2) is 0 Å². The van der Waals surface area contributed by atoms with Gasteiger partial charge in [0.2, 0.25) is 0 Å². The Morgan fingerprint density at radius 1 is 1.12 bits per heavy atom. The number of hydrogen-bond acceptors (Lipinski definition) is 3. The van der Waals surface area contributed by atoms with E-state index >= 15 is 0 Å². The summed E-state index contributed by atoms with van der Waals surface area (Å²) in [6.45, 7) is 4.61. The molecule has 0 aliphatic heterocycles. The third-order valence-electron chi connectivity index (χ3n) is 4.31. The van der Waals surface area contributed by atoms with Gasteiger partial charge < -0.3 is 4.90 Å². The Balaban J connectivity index is 1.68. The first kappa shape index (κ1) is 17.9. The van der Waals surface area contributed by atoms with Crippen LogP contribution in [0.15, 0.2) is 48.7 Å². The Hall–Kier alpha value is -2.95. The van der Waals surface area contributed by atoms with Gasteiger partial charge in [-0.15, -0.1) is 0 Å². The lowest BCUT2D eigenvalue weighted by atomic mass is 10.0. The second-order valence-electron chi connectivity index (χ2n) is 6.56. The smallest absolute Gasteiger partial charge is 0.253 e. The molecule has 0 saturated heterocycles. The number of rotatable bonds is 6. The summed E-state index contributed by atoms with van der Waals surface area (Å²) in [6, 6.07) is 13.7. The number of carbonyl (C=O) groups excluding carboxylic acids is 1. The number of H-pyrrole nitrogens is 1. The van der Waals surface area contributed by atoms with Crippen LogP contribution in [0.3, 0.4) is 0 Å². The zero-order chi connectivity index (χ0) is 18.5. The summed E-state index contributed by atoms with van der Waals surface area (Å²) >= 11 is 0. The predicted octanol–water partition coefficient (Wildman–Crippen LogP) is 4.00. The molecule has 0 aliphatic rings. The molecule has 5 nitrogen and oxygen atoms in total. The summed E-state index contributed by atoms with van der Waals surface area (Å²) in [4.78, 5) is 18.6. The maximum absolute atomic E-state index is 12.7. The molecule has 26 heavy (non-hydrogen) atoms. The highest BCUT2D eigenvalue weighted by molar-refractivity contribution is 5.94. The van der Waals surface area contributed by atoms with Gasteiger partial charge >= 0.3 is 0 Å². The standard InChI is InChI=1S/C21H24N4O/c1-4-5-19-13-20(24-23-19)14-25(3)21(26)17-8-6-16(7-9-17)18-10-11-22-15(2)12-18/h6-13H,4-5,14H2,1-3H3,(H,23,24). The molecule has 5 heteroatoms. The van der Waals surface area contributed by atoms with Gasteiger partial charge in [-0.05, 0) is 54.8 Å². The Morgan fingerprint density at radius 2 is 1.88 bits per heavy atom. The van der Waals surface area contributed by atoms with Crippen molar-refractivity contribution in [3.05, 3.63) is 71.3 Å². The quantitative estimate of drug-likeness (QED) is 0.732. The summed E-state index contributed by atoms with van der Waals surface area (Å²) in [5.41, 5.74) is 5.83. The number of nitrogens with one attached hydrogen (secondary N) is 1. The van der Waals surface area contributed by atoms with Crippen LogP contribution < -0.4 is 0 Å². The van der Waals surface area contributed by atoms with Crippen LogP contribution in [-0.2, 0) is 13.0 Å². The second-order valence-corrected chi connectivity index (χ2v) is 6.56. The molecule has 3 rings (SSSR count). The van der Waals surface area contributed by atoms with Gasteiger partial charge in [-0.3, -0.25) is 14.9 Å². The zero-order valence-corrected chi connectivity index (χ0v) is 15.5. The predicted molar refractivity (Wildman–Crippen MR) is 103 cm³/mol. The van der Waals surface area contributed by atoms with Crippen LogP contribution in [-0.4, -0.2) is 33.0 Å². The number of nitrogens with zero attached hydrogens (tertiary/aromatic N) is 3. The largest absolute Gasteiger partial charge is 0.336 e. The van der Waals surface area contributed by atoms with Crippen molar-refractivity contribution in [1.82, 2.24) is 20.1 Å². The first-order chi connectivity index (χ1) is 12.6. The van der Waals surface area contributed by atoms with E-state index in [0.29, 0.717) is 12.1 Å². The molecule has 2 aromatic heterocycles. The maximum Gasteiger partial charge on any atom is 0.253 e. The molecule has 0 bridgehead atoms. The van der Waals surface area contributed by atoms with Crippen molar-refractivity contribution in [3.63, 3.8) is 0 Å². The topological polar surface area (TPSA) is 61.9 Å². The molecule has 1 aromatic carbocycles. The molecule has 2 heterocycles. The molecule has 0 fully saturated rings. The highest BCUT2D eigenvalue weighted by atomic mass is 16.2. The third-order valence-corrected chi connectivity index (χ3v) is 4.31. The molecule has 0 saturated carbocycles. The monoisotopic (exact) mass is 348 g/mol. The summed E-state index contributed by atoms with van der Waals surface area (Å²) < 4.78 is 0. The lowest BCUT2D eigenvalue weighted by molar-refractivity contribution is 0.0783. The van der Waals surface area contributed by atoms with E-state index in [1.54, 1.807) is 11.1 Å². The molecule has 134 valence electrons. The average molecular weight is 348 g/mol. The summed E-state index contributed by atoms with van der Waals surface area (Å²) in [5.74, 6) is -0.00546. The highest BCUT2D eigenvalue weighted by Gasteiger charge is 2.13. The van der Waals surface area contributed by atoms with Crippen molar-refractivity contribution in [2.45, 2.75) is 33.2 Å². The van der Waals surface area contributed by atoms with E-state index in [1.807, 2.05) is 56.4 Å². The van der Waals surface area contributed by atoms with Crippen LogP contribution in [0.2, 0.25) is 0 Å². The van der Waals surface area contributed by atoms with E-state index in [4.69, 9.17) is 0 Å². The maximum atomic E-state index is 12.7. The van der Waals surface area contributed by atoms with Gasteiger partial charge in [0.15, 0.2) is 0 Å². The van der Waals surface area contributed by atoms with Gasteiger partial charge in [0.25, 0.3) is 5.91 Å². The fourth-order valence-corrected chi connectivity index (χ4v) is 2.95. The number of carbonyl (C=O) groups is 1. The molecule has 0 unspecified atom stereocenters. The molecule has 1 amide bonds. The molecule has 0 radical (unpaired) electrons.